The summed E-state index contributed by atoms with van der Waals surface area (Å²) in [6.07, 6.45) is 4.94. The van der Waals surface area contributed by atoms with E-state index in [1.807, 2.05) is 30.3 Å². The van der Waals surface area contributed by atoms with Crippen molar-refractivity contribution in [2.24, 2.45) is 0 Å². The van der Waals surface area contributed by atoms with Crippen molar-refractivity contribution >= 4 is 22.2 Å². The molecule has 0 amide bonds. The number of imidazole rings is 1. The minimum absolute atomic E-state index is 0.0577. The van der Waals surface area contributed by atoms with Crippen LogP contribution in [0.1, 0.15) is 30.5 Å². The van der Waals surface area contributed by atoms with E-state index in [2.05, 4.69) is 28.2 Å². The van der Waals surface area contributed by atoms with E-state index in [1.165, 1.54) is 0 Å². The Labute approximate surface area is 221 Å². The number of nitriles is 1. The highest BCUT2D eigenvalue weighted by Crippen LogP contribution is 2.31. The number of likely N-dealkylation sites (N-methyl/N-ethyl adjacent to an activating group) is 1. The van der Waals surface area contributed by atoms with Gasteiger partial charge < -0.3 is 25.0 Å². The van der Waals surface area contributed by atoms with Crippen LogP contribution in [-0.2, 0) is 6.42 Å². The highest BCUT2D eigenvalue weighted by Gasteiger charge is 2.26. The molecule has 2 aliphatic rings. The van der Waals surface area contributed by atoms with Crippen LogP contribution in [0.2, 0.25) is 0 Å². The summed E-state index contributed by atoms with van der Waals surface area (Å²) in [5, 5.41) is 30.2. The van der Waals surface area contributed by atoms with Gasteiger partial charge >= 0.3 is 6.01 Å². The zero-order valence-electron chi connectivity index (χ0n) is 21.5. The van der Waals surface area contributed by atoms with Crippen LogP contribution in [0.3, 0.4) is 0 Å². The zero-order valence-corrected chi connectivity index (χ0v) is 21.5. The molecule has 10 heteroatoms. The van der Waals surface area contributed by atoms with Crippen molar-refractivity contribution in [2.75, 3.05) is 44.7 Å². The van der Waals surface area contributed by atoms with Crippen molar-refractivity contribution in [1.29, 1.82) is 5.26 Å². The SMILES string of the molecule is CN1CCC[C@H]1COc1nc(N2CCN[C@@H](CC#N)C2)c2ncc(Cc3c(O)ccc4ccccc34)n2n1. The first kappa shape index (κ1) is 24.4. The smallest absolute Gasteiger partial charge is 0.336 e. The molecular weight excluding hydrogens is 480 g/mol. The van der Waals surface area contributed by atoms with Gasteiger partial charge in [0.1, 0.15) is 12.4 Å². The Balaban J connectivity index is 1.39. The molecule has 2 saturated heterocycles. The molecule has 6 rings (SSSR count). The fourth-order valence-corrected chi connectivity index (χ4v) is 5.60. The van der Waals surface area contributed by atoms with Gasteiger partial charge in [-0.05, 0) is 43.3 Å². The van der Waals surface area contributed by atoms with Gasteiger partial charge in [0, 0.05) is 43.7 Å². The van der Waals surface area contributed by atoms with Gasteiger partial charge in [-0.25, -0.2) is 9.50 Å². The number of nitrogens with zero attached hydrogens (tertiary/aromatic N) is 7. The van der Waals surface area contributed by atoms with E-state index in [1.54, 1.807) is 16.8 Å². The minimum atomic E-state index is 0.0577. The molecule has 10 nitrogen and oxygen atoms in total. The Bertz CT molecular complexity index is 1500. The van der Waals surface area contributed by atoms with Gasteiger partial charge in [-0.2, -0.15) is 10.2 Å². The molecular formula is C28H32N8O2. The van der Waals surface area contributed by atoms with Crippen LogP contribution in [0.5, 0.6) is 11.8 Å². The van der Waals surface area contributed by atoms with E-state index in [0.29, 0.717) is 49.5 Å². The molecule has 196 valence electrons. The summed E-state index contributed by atoms with van der Waals surface area (Å²) in [5.41, 5.74) is 2.31. The third-order valence-electron chi connectivity index (χ3n) is 7.74. The lowest BCUT2D eigenvalue weighted by Gasteiger charge is -2.33. The summed E-state index contributed by atoms with van der Waals surface area (Å²) in [6, 6.07) is 14.7. The maximum absolute atomic E-state index is 10.8. The molecule has 0 aliphatic carbocycles. The molecule has 38 heavy (non-hydrogen) atoms. The molecule has 0 unspecified atom stereocenters. The van der Waals surface area contributed by atoms with Crippen molar-refractivity contribution < 1.29 is 9.84 Å². The summed E-state index contributed by atoms with van der Waals surface area (Å²) in [4.78, 5) is 14.0. The molecule has 0 spiro atoms. The van der Waals surface area contributed by atoms with E-state index in [9.17, 15) is 10.4 Å². The number of hydrogen-bond acceptors (Lipinski definition) is 9. The molecule has 0 bridgehead atoms. The van der Waals surface area contributed by atoms with Crippen LogP contribution in [-0.4, -0.2) is 81.5 Å². The second kappa shape index (κ2) is 10.4. The fraction of sp³-hybridized carbons (Fsp3) is 0.429. The summed E-state index contributed by atoms with van der Waals surface area (Å²) in [7, 11) is 2.12. The van der Waals surface area contributed by atoms with Crippen LogP contribution in [0.25, 0.3) is 16.4 Å². The van der Waals surface area contributed by atoms with Gasteiger partial charge in [0.05, 0.1) is 24.4 Å². The first-order valence-electron chi connectivity index (χ1n) is 13.2. The standard InChI is InChI=1S/C28H32N8O2/c1-34-13-4-6-21(34)18-38-28-32-27(35-14-12-30-20(17-35)10-11-29)26-31-16-22(36(26)33-28)15-24-23-7-3-2-5-19(23)8-9-25(24)37/h2-3,5,7-9,16,20-21,30,37H,4,6,10,12-15,17-18H2,1H3/t20-,21-/m0/s1. The number of benzene rings is 2. The van der Waals surface area contributed by atoms with Gasteiger partial charge in [-0.3, -0.25) is 0 Å². The molecule has 4 aromatic rings. The monoisotopic (exact) mass is 512 g/mol. The van der Waals surface area contributed by atoms with E-state index in [-0.39, 0.29) is 11.8 Å². The van der Waals surface area contributed by atoms with Gasteiger partial charge in [-0.1, -0.05) is 30.3 Å². The van der Waals surface area contributed by atoms with Gasteiger partial charge in [-0.15, -0.1) is 5.10 Å². The maximum Gasteiger partial charge on any atom is 0.336 e. The Kier molecular flexibility index (Phi) is 6.70. The molecule has 2 atom stereocenters. The molecule has 2 fully saturated rings. The first-order valence-corrected chi connectivity index (χ1v) is 13.2. The Morgan fingerprint density at radius 3 is 2.95 bits per heavy atom. The largest absolute Gasteiger partial charge is 0.508 e. The minimum Gasteiger partial charge on any atom is -0.508 e. The van der Waals surface area contributed by atoms with E-state index < -0.39 is 0 Å². The second-order valence-corrected chi connectivity index (χ2v) is 10.2. The van der Waals surface area contributed by atoms with E-state index >= 15 is 0 Å². The molecule has 2 aromatic heterocycles. The second-order valence-electron chi connectivity index (χ2n) is 10.2. The number of phenols is 1. The van der Waals surface area contributed by atoms with Crippen molar-refractivity contribution in [3.8, 4) is 17.8 Å². The third kappa shape index (κ3) is 4.71. The fourth-order valence-electron chi connectivity index (χ4n) is 5.60. The van der Waals surface area contributed by atoms with E-state index in [0.717, 1.165) is 54.5 Å². The van der Waals surface area contributed by atoms with E-state index in [4.69, 9.17) is 19.8 Å². The normalized spacial score (nSPS) is 20.3. The predicted molar refractivity (Wildman–Crippen MR) is 145 cm³/mol. The lowest BCUT2D eigenvalue weighted by molar-refractivity contribution is 0.185. The summed E-state index contributed by atoms with van der Waals surface area (Å²) in [5.74, 6) is 0.947. The number of rotatable bonds is 7. The number of hydrogen-bond donors (Lipinski definition) is 2. The number of nitrogens with one attached hydrogen (secondary N) is 1. The molecule has 2 aliphatic heterocycles. The summed E-state index contributed by atoms with van der Waals surface area (Å²) >= 11 is 0. The number of piperazine rings is 1. The number of phenolic OH excluding ortho intramolecular Hbond substituents is 1. The quantitative estimate of drug-likeness (QED) is 0.386. The van der Waals surface area contributed by atoms with Crippen LogP contribution in [0, 0.1) is 11.3 Å². The molecule has 2 N–H and O–H groups in total. The Hall–Kier alpha value is -3.94. The maximum atomic E-state index is 10.8. The van der Waals surface area contributed by atoms with Gasteiger partial charge in [0.15, 0.2) is 11.5 Å². The summed E-state index contributed by atoms with van der Waals surface area (Å²) in [6.45, 7) is 3.74. The zero-order chi connectivity index (χ0) is 26.1. The summed E-state index contributed by atoms with van der Waals surface area (Å²) < 4.78 is 7.99. The molecule has 4 heterocycles. The molecule has 0 saturated carbocycles. The van der Waals surface area contributed by atoms with Crippen LogP contribution < -0.4 is 15.0 Å². The average molecular weight is 513 g/mol. The molecule has 0 radical (unpaired) electrons. The van der Waals surface area contributed by atoms with Crippen molar-refractivity contribution in [3.05, 3.63) is 53.9 Å². The molecule has 2 aromatic carbocycles. The van der Waals surface area contributed by atoms with Gasteiger partial charge in [0.2, 0.25) is 0 Å². The predicted octanol–water partition coefficient (Wildman–Crippen LogP) is 2.74. The number of ether oxygens (including phenoxy) is 1. The lowest BCUT2D eigenvalue weighted by atomic mass is 10.00. The van der Waals surface area contributed by atoms with Crippen LogP contribution in [0.4, 0.5) is 5.82 Å². The third-order valence-corrected chi connectivity index (χ3v) is 7.74. The Morgan fingerprint density at radius 2 is 2.11 bits per heavy atom. The number of aromatic nitrogens is 4. The average Bonchev–Trinajstić information content (AvgIpc) is 3.54. The highest BCUT2D eigenvalue weighted by molar-refractivity contribution is 5.88. The highest BCUT2D eigenvalue weighted by atomic mass is 16.5. The number of likely N-dealkylation sites (tertiary alicyclic amines) is 1. The van der Waals surface area contributed by atoms with Crippen LogP contribution >= 0.6 is 0 Å². The van der Waals surface area contributed by atoms with Crippen molar-refractivity contribution in [2.45, 2.75) is 37.8 Å². The lowest BCUT2D eigenvalue weighted by Crippen LogP contribution is -2.51. The van der Waals surface area contributed by atoms with Gasteiger partial charge in [0.25, 0.3) is 0 Å². The topological polar surface area (TPSA) is 115 Å². The van der Waals surface area contributed by atoms with Crippen molar-refractivity contribution in [3.63, 3.8) is 0 Å². The number of anilines is 1. The Morgan fingerprint density at radius 1 is 1.21 bits per heavy atom. The first-order chi connectivity index (χ1) is 18.6. The van der Waals surface area contributed by atoms with Crippen molar-refractivity contribution in [1.82, 2.24) is 29.8 Å². The number of aromatic hydroxyl groups is 1. The van der Waals surface area contributed by atoms with Crippen LogP contribution in [0.15, 0.2) is 42.6 Å². The number of fused-ring (bicyclic) bond motifs is 2.